The minimum atomic E-state index is -0.198. The second-order valence-corrected chi connectivity index (χ2v) is 3.29. The van der Waals surface area contributed by atoms with E-state index in [1.165, 1.54) is 24.9 Å². The summed E-state index contributed by atoms with van der Waals surface area (Å²) in [6.07, 6.45) is 1.92. The van der Waals surface area contributed by atoms with E-state index in [1.807, 2.05) is 12.3 Å². The van der Waals surface area contributed by atoms with Crippen molar-refractivity contribution in [1.29, 1.82) is 0 Å². The van der Waals surface area contributed by atoms with Crippen LogP contribution in [0, 0.1) is 5.82 Å². The van der Waals surface area contributed by atoms with Gasteiger partial charge in [0, 0.05) is 10.5 Å². The summed E-state index contributed by atoms with van der Waals surface area (Å²) in [5.74, 6) is -0.198. The lowest BCUT2D eigenvalue weighted by atomic mass is 10.2. The third kappa shape index (κ3) is 2.69. The molecule has 0 saturated heterocycles. The van der Waals surface area contributed by atoms with Crippen LogP contribution in [0.4, 0.5) is 4.39 Å². The van der Waals surface area contributed by atoms with Crippen LogP contribution in [0.1, 0.15) is 5.56 Å². The quantitative estimate of drug-likeness (QED) is 0.596. The molecule has 2 nitrogen and oxygen atoms in total. The number of nitrogens with one attached hydrogen (secondary N) is 1. The lowest BCUT2D eigenvalue weighted by molar-refractivity contribution is 0.0853. The maximum absolute atomic E-state index is 13.3. The Labute approximate surface area is 81.4 Å². The molecular weight excluding hydrogens is 189 g/mol. The largest absolute Gasteiger partial charge is 0.305 e. The Bertz CT molecular complexity index is 280. The first-order chi connectivity index (χ1) is 6.29. The van der Waals surface area contributed by atoms with Gasteiger partial charge in [0.05, 0.1) is 13.7 Å². The number of hydrogen-bond donors (Lipinski definition) is 1. The standard InChI is InChI=1S/C9H12FNOS/c1-12-11-6-7-8(10)4-3-5-9(7)13-2/h3-5,11H,6H2,1-2H3. The Morgan fingerprint density at radius 3 is 2.92 bits per heavy atom. The van der Waals surface area contributed by atoms with Crippen LogP contribution < -0.4 is 5.48 Å². The molecule has 0 aromatic heterocycles. The molecule has 0 fully saturated rings. The highest BCUT2D eigenvalue weighted by atomic mass is 32.2. The second-order valence-electron chi connectivity index (χ2n) is 2.45. The van der Waals surface area contributed by atoms with Crippen LogP contribution in [0.3, 0.4) is 0 Å². The maximum Gasteiger partial charge on any atom is 0.128 e. The van der Waals surface area contributed by atoms with E-state index >= 15 is 0 Å². The highest BCUT2D eigenvalue weighted by molar-refractivity contribution is 7.98. The highest BCUT2D eigenvalue weighted by Crippen LogP contribution is 2.22. The summed E-state index contributed by atoms with van der Waals surface area (Å²) in [7, 11) is 1.51. The van der Waals surface area contributed by atoms with E-state index in [9.17, 15) is 4.39 Å². The number of thioether (sulfide) groups is 1. The molecule has 13 heavy (non-hydrogen) atoms. The van der Waals surface area contributed by atoms with Crippen LogP contribution in [0.5, 0.6) is 0 Å². The normalized spacial score (nSPS) is 10.4. The Morgan fingerprint density at radius 1 is 1.54 bits per heavy atom. The zero-order valence-electron chi connectivity index (χ0n) is 7.63. The van der Waals surface area contributed by atoms with Gasteiger partial charge in [-0.2, -0.15) is 5.48 Å². The zero-order valence-corrected chi connectivity index (χ0v) is 8.45. The number of benzene rings is 1. The van der Waals surface area contributed by atoms with E-state index in [1.54, 1.807) is 6.07 Å². The molecule has 1 aromatic carbocycles. The molecule has 0 heterocycles. The van der Waals surface area contributed by atoms with Crippen molar-refractivity contribution in [2.75, 3.05) is 13.4 Å². The molecular formula is C9H12FNOS. The fourth-order valence-electron chi connectivity index (χ4n) is 1.05. The van der Waals surface area contributed by atoms with E-state index in [4.69, 9.17) is 0 Å². The summed E-state index contributed by atoms with van der Waals surface area (Å²) in [5.41, 5.74) is 3.28. The van der Waals surface area contributed by atoms with Gasteiger partial charge in [-0.3, -0.25) is 0 Å². The molecule has 1 rings (SSSR count). The number of hydroxylamine groups is 1. The van der Waals surface area contributed by atoms with E-state index in [2.05, 4.69) is 10.3 Å². The van der Waals surface area contributed by atoms with Gasteiger partial charge in [-0.05, 0) is 18.4 Å². The number of hydrogen-bond acceptors (Lipinski definition) is 3. The van der Waals surface area contributed by atoms with E-state index in [0.717, 1.165) is 4.90 Å². The van der Waals surface area contributed by atoms with Crippen LogP contribution in [0.25, 0.3) is 0 Å². The summed E-state index contributed by atoms with van der Waals surface area (Å²) < 4.78 is 13.3. The van der Waals surface area contributed by atoms with Gasteiger partial charge in [-0.15, -0.1) is 11.8 Å². The minimum Gasteiger partial charge on any atom is -0.305 e. The molecule has 72 valence electrons. The molecule has 0 aliphatic heterocycles. The van der Waals surface area contributed by atoms with Crippen molar-refractivity contribution >= 4 is 11.8 Å². The molecule has 1 aromatic rings. The first kappa shape index (κ1) is 10.5. The minimum absolute atomic E-state index is 0.198. The van der Waals surface area contributed by atoms with Crippen LogP contribution in [-0.4, -0.2) is 13.4 Å². The van der Waals surface area contributed by atoms with Crippen molar-refractivity contribution in [3.8, 4) is 0 Å². The van der Waals surface area contributed by atoms with E-state index in [0.29, 0.717) is 12.1 Å². The fourth-order valence-corrected chi connectivity index (χ4v) is 1.68. The number of halogens is 1. The highest BCUT2D eigenvalue weighted by Gasteiger charge is 2.06. The van der Waals surface area contributed by atoms with Crippen molar-refractivity contribution in [2.24, 2.45) is 0 Å². The van der Waals surface area contributed by atoms with Gasteiger partial charge in [0.15, 0.2) is 0 Å². The van der Waals surface area contributed by atoms with Crippen LogP contribution >= 0.6 is 11.8 Å². The van der Waals surface area contributed by atoms with Gasteiger partial charge in [-0.1, -0.05) is 6.07 Å². The van der Waals surface area contributed by atoms with Gasteiger partial charge in [0.2, 0.25) is 0 Å². The predicted molar refractivity (Wildman–Crippen MR) is 52.0 cm³/mol. The van der Waals surface area contributed by atoms with E-state index in [-0.39, 0.29) is 5.82 Å². The molecule has 0 unspecified atom stereocenters. The first-order valence-electron chi connectivity index (χ1n) is 3.86. The lowest BCUT2D eigenvalue weighted by Crippen LogP contribution is -2.12. The average molecular weight is 201 g/mol. The Kier molecular flexibility index (Phi) is 4.21. The van der Waals surface area contributed by atoms with Gasteiger partial charge in [0.1, 0.15) is 5.82 Å². The van der Waals surface area contributed by atoms with Gasteiger partial charge in [0.25, 0.3) is 0 Å². The lowest BCUT2D eigenvalue weighted by Gasteiger charge is -2.08. The van der Waals surface area contributed by atoms with E-state index < -0.39 is 0 Å². The van der Waals surface area contributed by atoms with Gasteiger partial charge in [-0.25, -0.2) is 4.39 Å². The SMILES string of the molecule is CONCc1c(F)cccc1SC. The molecule has 0 aliphatic rings. The first-order valence-corrected chi connectivity index (χ1v) is 5.09. The Hall–Kier alpha value is -0.580. The summed E-state index contributed by atoms with van der Waals surface area (Å²) in [6, 6.07) is 5.05. The topological polar surface area (TPSA) is 21.3 Å². The molecule has 0 atom stereocenters. The smallest absolute Gasteiger partial charge is 0.128 e. The third-order valence-electron chi connectivity index (χ3n) is 1.69. The van der Waals surface area contributed by atoms with Crippen LogP contribution in [0.2, 0.25) is 0 Å². The summed E-state index contributed by atoms with van der Waals surface area (Å²) in [5, 5.41) is 0. The van der Waals surface area contributed by atoms with Crippen LogP contribution in [0.15, 0.2) is 23.1 Å². The summed E-state index contributed by atoms with van der Waals surface area (Å²) in [6.45, 7) is 0.388. The molecule has 0 radical (unpaired) electrons. The molecule has 0 saturated carbocycles. The third-order valence-corrected chi connectivity index (χ3v) is 2.51. The molecule has 0 bridgehead atoms. The Morgan fingerprint density at radius 2 is 2.31 bits per heavy atom. The Balaban J connectivity index is 2.87. The monoisotopic (exact) mass is 201 g/mol. The second kappa shape index (κ2) is 5.21. The van der Waals surface area contributed by atoms with Crippen LogP contribution in [-0.2, 0) is 11.4 Å². The molecule has 0 spiro atoms. The van der Waals surface area contributed by atoms with Crippen molar-refractivity contribution < 1.29 is 9.23 Å². The summed E-state index contributed by atoms with van der Waals surface area (Å²) in [4.78, 5) is 5.61. The van der Waals surface area contributed by atoms with Gasteiger partial charge >= 0.3 is 0 Å². The fraction of sp³-hybridized carbons (Fsp3) is 0.333. The van der Waals surface area contributed by atoms with Crippen molar-refractivity contribution in [3.05, 3.63) is 29.6 Å². The van der Waals surface area contributed by atoms with Crippen molar-refractivity contribution in [3.63, 3.8) is 0 Å². The molecule has 0 aliphatic carbocycles. The average Bonchev–Trinajstić information content (AvgIpc) is 2.15. The zero-order chi connectivity index (χ0) is 9.68. The predicted octanol–water partition coefficient (Wildman–Crippen LogP) is 2.20. The summed E-state index contributed by atoms with van der Waals surface area (Å²) >= 11 is 1.52. The van der Waals surface area contributed by atoms with Gasteiger partial charge < -0.3 is 4.84 Å². The molecule has 0 amide bonds. The maximum atomic E-state index is 13.3. The van der Waals surface area contributed by atoms with Crippen molar-refractivity contribution in [1.82, 2.24) is 5.48 Å². The molecule has 1 N–H and O–H groups in total. The molecule has 4 heteroatoms. The number of rotatable bonds is 4. The van der Waals surface area contributed by atoms with Crippen molar-refractivity contribution in [2.45, 2.75) is 11.4 Å².